The highest BCUT2D eigenvalue weighted by Gasteiger charge is 2.26. The van der Waals surface area contributed by atoms with Gasteiger partial charge in [0.25, 0.3) is 17.5 Å². The lowest BCUT2D eigenvalue weighted by molar-refractivity contribution is -0.385. The molecule has 0 aliphatic carbocycles. The fraction of sp³-hybridized carbons (Fsp3) is 0.300. The maximum Gasteiger partial charge on any atom is 0.286 e. The van der Waals surface area contributed by atoms with Crippen LogP contribution < -0.4 is 20.1 Å². The summed E-state index contributed by atoms with van der Waals surface area (Å²) in [5.41, 5.74) is -0.686. The third-order valence-electron chi connectivity index (χ3n) is 3.85. The topological polar surface area (TPSA) is 120 Å². The first-order valence-electron chi connectivity index (χ1n) is 8.70. The first-order valence-corrected chi connectivity index (χ1v) is 8.70. The van der Waals surface area contributed by atoms with Gasteiger partial charge in [0, 0.05) is 11.6 Å². The third kappa shape index (κ3) is 5.22. The Morgan fingerprint density at radius 2 is 1.55 bits per heavy atom. The number of nitro groups is 1. The van der Waals surface area contributed by atoms with E-state index in [-0.39, 0.29) is 34.2 Å². The fourth-order valence-electron chi connectivity index (χ4n) is 2.59. The van der Waals surface area contributed by atoms with Crippen molar-refractivity contribution in [1.29, 1.82) is 0 Å². The Kier molecular flexibility index (Phi) is 6.42. The summed E-state index contributed by atoms with van der Waals surface area (Å²) in [5, 5.41) is 16.8. The van der Waals surface area contributed by atoms with Crippen molar-refractivity contribution in [3.8, 4) is 11.5 Å². The van der Waals surface area contributed by atoms with Gasteiger partial charge in [-0.15, -0.1) is 0 Å². The molecular weight excluding hydrogens is 378 g/mol. The molecule has 0 heterocycles. The predicted octanol–water partition coefficient (Wildman–Crippen LogP) is 3.39. The number of ether oxygens (including phenoxy) is 2. The van der Waals surface area contributed by atoms with Gasteiger partial charge in [-0.25, -0.2) is 0 Å². The van der Waals surface area contributed by atoms with E-state index < -0.39 is 22.1 Å². The molecule has 2 N–H and O–H groups in total. The van der Waals surface area contributed by atoms with Gasteiger partial charge in [0.05, 0.1) is 36.5 Å². The van der Waals surface area contributed by atoms with Crippen molar-refractivity contribution in [3.63, 3.8) is 0 Å². The van der Waals surface area contributed by atoms with Crippen molar-refractivity contribution in [2.75, 3.05) is 19.5 Å². The number of methoxy groups -OCH3 is 2. The molecule has 9 heteroatoms. The molecule has 0 unspecified atom stereocenters. The van der Waals surface area contributed by atoms with E-state index >= 15 is 0 Å². The highest BCUT2D eigenvalue weighted by Crippen LogP contribution is 2.35. The van der Waals surface area contributed by atoms with E-state index in [1.165, 1.54) is 20.3 Å². The molecule has 0 saturated heterocycles. The van der Waals surface area contributed by atoms with Crippen LogP contribution in [0.5, 0.6) is 11.5 Å². The van der Waals surface area contributed by atoms with Gasteiger partial charge in [0.1, 0.15) is 5.56 Å². The quantitative estimate of drug-likeness (QED) is 0.565. The van der Waals surface area contributed by atoms with Gasteiger partial charge in [0.2, 0.25) is 0 Å². The maximum absolute atomic E-state index is 12.8. The molecule has 2 aromatic rings. The zero-order valence-electron chi connectivity index (χ0n) is 16.9. The Morgan fingerprint density at radius 3 is 2.10 bits per heavy atom. The second kappa shape index (κ2) is 8.59. The largest absolute Gasteiger partial charge is 0.493 e. The smallest absolute Gasteiger partial charge is 0.286 e. The number of amides is 2. The molecule has 0 aromatic heterocycles. The zero-order chi connectivity index (χ0) is 21.8. The number of nitrogens with one attached hydrogen (secondary N) is 2. The van der Waals surface area contributed by atoms with Crippen LogP contribution in [0.2, 0.25) is 0 Å². The van der Waals surface area contributed by atoms with Crippen molar-refractivity contribution in [2.24, 2.45) is 0 Å². The number of benzene rings is 2. The highest BCUT2D eigenvalue weighted by atomic mass is 16.6. The number of nitrogens with zero attached hydrogens (tertiary/aromatic N) is 1. The van der Waals surface area contributed by atoms with Crippen molar-refractivity contribution >= 4 is 23.2 Å². The summed E-state index contributed by atoms with van der Waals surface area (Å²) in [6.45, 7) is 5.50. The molecule has 154 valence electrons. The van der Waals surface area contributed by atoms with E-state index in [1.54, 1.807) is 24.3 Å². The predicted molar refractivity (Wildman–Crippen MR) is 108 cm³/mol. The van der Waals surface area contributed by atoms with E-state index in [4.69, 9.17) is 9.47 Å². The molecule has 0 fully saturated rings. The summed E-state index contributed by atoms with van der Waals surface area (Å²) < 4.78 is 10.2. The average molecular weight is 401 g/mol. The first kappa shape index (κ1) is 21.7. The molecule has 2 aromatic carbocycles. The Morgan fingerprint density at radius 1 is 0.966 bits per heavy atom. The van der Waals surface area contributed by atoms with E-state index in [0.29, 0.717) is 0 Å². The zero-order valence-corrected chi connectivity index (χ0v) is 16.9. The van der Waals surface area contributed by atoms with Crippen LogP contribution in [-0.4, -0.2) is 36.5 Å². The molecule has 0 spiro atoms. The number of para-hydroxylation sites is 1. The molecule has 29 heavy (non-hydrogen) atoms. The van der Waals surface area contributed by atoms with Crippen molar-refractivity contribution in [2.45, 2.75) is 26.3 Å². The monoisotopic (exact) mass is 401 g/mol. The maximum atomic E-state index is 12.8. The summed E-state index contributed by atoms with van der Waals surface area (Å²) in [4.78, 5) is 36.1. The minimum absolute atomic E-state index is 0.126. The molecule has 0 radical (unpaired) electrons. The lowest BCUT2D eigenvalue weighted by Gasteiger charge is -2.21. The number of carbonyl (C=O) groups is 2. The van der Waals surface area contributed by atoms with Gasteiger partial charge in [-0.05, 0) is 32.9 Å². The lowest BCUT2D eigenvalue weighted by atomic mass is 10.1. The highest BCUT2D eigenvalue weighted by molar-refractivity contribution is 6.11. The van der Waals surface area contributed by atoms with Gasteiger partial charge < -0.3 is 20.1 Å². The summed E-state index contributed by atoms with van der Waals surface area (Å²) in [7, 11) is 2.70. The van der Waals surface area contributed by atoms with Crippen LogP contribution in [0.25, 0.3) is 0 Å². The van der Waals surface area contributed by atoms with E-state index in [1.807, 2.05) is 20.8 Å². The SMILES string of the molecule is COc1cc(C(=O)Nc2ccccc2C(=O)NC(C)(C)C)c([N+](=O)[O-])cc1OC. The van der Waals surface area contributed by atoms with Crippen LogP contribution in [0, 0.1) is 10.1 Å². The van der Waals surface area contributed by atoms with Gasteiger partial charge >= 0.3 is 0 Å². The van der Waals surface area contributed by atoms with E-state index in [2.05, 4.69) is 10.6 Å². The van der Waals surface area contributed by atoms with Crippen LogP contribution in [-0.2, 0) is 0 Å². The average Bonchev–Trinajstić information content (AvgIpc) is 2.65. The molecular formula is C20H23N3O6. The van der Waals surface area contributed by atoms with Gasteiger partial charge in [0.15, 0.2) is 11.5 Å². The molecule has 0 saturated carbocycles. The Balaban J connectivity index is 2.44. The molecule has 2 amide bonds. The minimum Gasteiger partial charge on any atom is -0.493 e. The molecule has 0 aliphatic heterocycles. The molecule has 0 bridgehead atoms. The van der Waals surface area contributed by atoms with Crippen LogP contribution >= 0.6 is 0 Å². The van der Waals surface area contributed by atoms with Gasteiger partial charge in [-0.2, -0.15) is 0 Å². The number of hydrogen-bond acceptors (Lipinski definition) is 6. The normalized spacial score (nSPS) is 10.8. The third-order valence-corrected chi connectivity index (χ3v) is 3.85. The summed E-state index contributed by atoms with van der Waals surface area (Å²) in [6.07, 6.45) is 0. The van der Waals surface area contributed by atoms with E-state index in [0.717, 1.165) is 6.07 Å². The Labute approximate surface area is 168 Å². The van der Waals surface area contributed by atoms with Crippen molar-refractivity contribution in [1.82, 2.24) is 5.32 Å². The summed E-state index contributed by atoms with van der Waals surface area (Å²) >= 11 is 0. The Bertz CT molecular complexity index is 950. The van der Waals surface area contributed by atoms with Gasteiger partial charge in [-0.1, -0.05) is 12.1 Å². The number of nitro benzene ring substituents is 1. The Hall–Kier alpha value is -3.62. The van der Waals surface area contributed by atoms with Crippen molar-refractivity contribution < 1.29 is 24.0 Å². The lowest BCUT2D eigenvalue weighted by Crippen LogP contribution is -2.40. The second-order valence-electron chi connectivity index (χ2n) is 7.19. The molecule has 9 nitrogen and oxygen atoms in total. The molecule has 2 rings (SSSR count). The minimum atomic E-state index is -0.756. The number of anilines is 1. The number of hydrogen-bond donors (Lipinski definition) is 2. The van der Waals surface area contributed by atoms with Crippen LogP contribution in [0.3, 0.4) is 0 Å². The number of carbonyl (C=O) groups excluding carboxylic acids is 2. The summed E-state index contributed by atoms with van der Waals surface area (Å²) in [6, 6.07) is 8.75. The van der Waals surface area contributed by atoms with E-state index in [9.17, 15) is 19.7 Å². The van der Waals surface area contributed by atoms with Gasteiger partial charge in [-0.3, -0.25) is 19.7 Å². The van der Waals surface area contributed by atoms with Crippen molar-refractivity contribution in [3.05, 3.63) is 57.6 Å². The van der Waals surface area contributed by atoms with Crippen LogP contribution in [0.15, 0.2) is 36.4 Å². The second-order valence-corrected chi connectivity index (χ2v) is 7.19. The molecule has 0 aliphatic rings. The van der Waals surface area contributed by atoms with Crippen LogP contribution in [0.1, 0.15) is 41.5 Å². The summed E-state index contributed by atoms with van der Waals surface area (Å²) in [5.74, 6) is -0.841. The first-order chi connectivity index (χ1) is 13.6. The standard InChI is InChI=1S/C20H23N3O6/c1-20(2,3)22-19(25)12-8-6-7-9-14(12)21-18(24)13-10-16(28-4)17(29-5)11-15(13)23(26)27/h6-11H,1-5H3,(H,21,24)(H,22,25). The molecule has 0 atom stereocenters. The van der Waals surface area contributed by atoms with Crippen LogP contribution in [0.4, 0.5) is 11.4 Å². The number of rotatable bonds is 6. The fourth-order valence-corrected chi connectivity index (χ4v) is 2.59.